The minimum atomic E-state index is -0.155. The molecule has 25 heavy (non-hydrogen) atoms. The van der Waals surface area contributed by atoms with Gasteiger partial charge in [0.1, 0.15) is 11.3 Å². The van der Waals surface area contributed by atoms with Crippen molar-refractivity contribution in [2.24, 2.45) is 0 Å². The van der Waals surface area contributed by atoms with E-state index in [2.05, 4.69) is 0 Å². The summed E-state index contributed by atoms with van der Waals surface area (Å²) in [5, 5.41) is 1.03. The van der Waals surface area contributed by atoms with Gasteiger partial charge < -0.3 is 13.9 Å². The molecule has 5 heteroatoms. The number of pyridine rings is 1. The molecular weight excluding hydrogens is 316 g/mol. The summed E-state index contributed by atoms with van der Waals surface area (Å²) in [6.07, 6.45) is 1.98. The number of rotatable bonds is 6. The molecule has 2 aromatic heterocycles. The van der Waals surface area contributed by atoms with Gasteiger partial charge in [-0.2, -0.15) is 0 Å². The monoisotopic (exact) mass is 338 g/mol. The van der Waals surface area contributed by atoms with Crippen molar-refractivity contribution in [3.05, 3.63) is 70.8 Å². The molecule has 1 aromatic carbocycles. The molecule has 0 saturated carbocycles. The summed E-state index contributed by atoms with van der Waals surface area (Å²) < 4.78 is 7.45. The maximum absolute atomic E-state index is 12.7. The van der Waals surface area contributed by atoms with E-state index in [1.54, 1.807) is 27.8 Å². The lowest BCUT2D eigenvalue weighted by Gasteiger charge is -2.26. The molecular formula is C20H22N2O3. The molecule has 1 atom stereocenters. The van der Waals surface area contributed by atoms with Crippen LogP contribution >= 0.6 is 0 Å². The highest BCUT2D eigenvalue weighted by Crippen LogP contribution is 2.27. The standard InChI is InChI=1S/C20H22N2O3/c1-3-22(20(24)11-13-21-12-7-6-10-19(21)23)15(2)18-14-16-8-4-5-9-17(16)25-18/h4-10,12,14-15H,3,11,13H2,1-2H3. The number of amides is 1. The summed E-state index contributed by atoms with van der Waals surface area (Å²) in [4.78, 5) is 26.2. The zero-order chi connectivity index (χ0) is 17.8. The van der Waals surface area contributed by atoms with Gasteiger partial charge in [0.05, 0.1) is 6.04 Å². The highest BCUT2D eigenvalue weighted by atomic mass is 16.3. The molecule has 3 aromatic rings. The number of carbonyl (C=O) groups excluding carboxylic acids is 1. The van der Waals surface area contributed by atoms with Gasteiger partial charge in [-0.3, -0.25) is 9.59 Å². The third-order valence-electron chi connectivity index (χ3n) is 4.45. The van der Waals surface area contributed by atoms with E-state index in [4.69, 9.17) is 4.42 Å². The van der Waals surface area contributed by atoms with Gasteiger partial charge in [0.15, 0.2) is 0 Å². The third-order valence-corrected chi connectivity index (χ3v) is 4.45. The highest BCUT2D eigenvalue weighted by Gasteiger charge is 2.22. The number of para-hydroxylation sites is 1. The van der Waals surface area contributed by atoms with Crippen molar-refractivity contribution in [2.45, 2.75) is 32.9 Å². The van der Waals surface area contributed by atoms with Crippen LogP contribution in [0.25, 0.3) is 11.0 Å². The normalized spacial score (nSPS) is 12.2. The number of furan rings is 1. The van der Waals surface area contributed by atoms with Gasteiger partial charge in [0.2, 0.25) is 5.91 Å². The molecule has 0 N–H and O–H groups in total. The highest BCUT2D eigenvalue weighted by molar-refractivity contribution is 5.79. The van der Waals surface area contributed by atoms with Crippen LogP contribution in [-0.2, 0) is 11.3 Å². The Kier molecular flexibility index (Phi) is 5.03. The number of fused-ring (bicyclic) bond motifs is 1. The molecule has 0 aliphatic rings. The Bertz CT molecular complexity index is 893. The Morgan fingerprint density at radius 1 is 1.20 bits per heavy atom. The van der Waals surface area contributed by atoms with Crippen molar-refractivity contribution in [2.75, 3.05) is 6.54 Å². The fourth-order valence-electron chi connectivity index (χ4n) is 3.03. The van der Waals surface area contributed by atoms with E-state index in [1.807, 2.05) is 44.2 Å². The summed E-state index contributed by atoms with van der Waals surface area (Å²) in [7, 11) is 0. The molecule has 130 valence electrons. The number of hydrogen-bond acceptors (Lipinski definition) is 3. The van der Waals surface area contributed by atoms with Gasteiger partial charge in [-0.1, -0.05) is 24.3 Å². The number of benzene rings is 1. The fourth-order valence-corrected chi connectivity index (χ4v) is 3.03. The fraction of sp³-hybridized carbons (Fsp3) is 0.300. The van der Waals surface area contributed by atoms with Crippen LogP contribution in [0.2, 0.25) is 0 Å². The largest absolute Gasteiger partial charge is 0.459 e. The molecule has 0 radical (unpaired) electrons. The lowest BCUT2D eigenvalue weighted by atomic mass is 10.1. The third kappa shape index (κ3) is 3.65. The van der Waals surface area contributed by atoms with Crippen molar-refractivity contribution >= 4 is 16.9 Å². The van der Waals surface area contributed by atoms with Gasteiger partial charge in [-0.15, -0.1) is 0 Å². The van der Waals surface area contributed by atoms with E-state index in [9.17, 15) is 9.59 Å². The quantitative estimate of drug-likeness (QED) is 0.690. The van der Waals surface area contributed by atoms with Crippen LogP contribution in [-0.4, -0.2) is 21.9 Å². The van der Waals surface area contributed by atoms with Crippen molar-refractivity contribution in [3.63, 3.8) is 0 Å². The number of aryl methyl sites for hydroxylation is 1. The molecule has 2 heterocycles. The Morgan fingerprint density at radius 3 is 2.68 bits per heavy atom. The van der Waals surface area contributed by atoms with Crippen molar-refractivity contribution < 1.29 is 9.21 Å². The van der Waals surface area contributed by atoms with E-state index in [-0.39, 0.29) is 23.9 Å². The predicted octanol–water partition coefficient (Wildman–Crippen LogP) is 3.59. The zero-order valence-electron chi connectivity index (χ0n) is 14.5. The first-order valence-electron chi connectivity index (χ1n) is 8.53. The maximum atomic E-state index is 12.7. The molecule has 5 nitrogen and oxygen atoms in total. The molecule has 0 aliphatic heterocycles. The first-order chi connectivity index (χ1) is 12.1. The van der Waals surface area contributed by atoms with E-state index in [0.29, 0.717) is 13.1 Å². The van der Waals surface area contributed by atoms with Gasteiger partial charge in [-0.05, 0) is 32.0 Å². The van der Waals surface area contributed by atoms with Crippen LogP contribution in [0, 0.1) is 0 Å². The predicted molar refractivity (Wildman–Crippen MR) is 97.3 cm³/mol. The van der Waals surface area contributed by atoms with E-state index in [0.717, 1.165) is 16.7 Å². The minimum Gasteiger partial charge on any atom is -0.459 e. The number of carbonyl (C=O) groups is 1. The lowest BCUT2D eigenvalue weighted by Crippen LogP contribution is -2.34. The second-order valence-electron chi connectivity index (χ2n) is 6.02. The van der Waals surface area contributed by atoms with Crippen LogP contribution in [0.15, 0.2) is 63.9 Å². The summed E-state index contributed by atoms with van der Waals surface area (Å²) in [6, 6.07) is 14.6. The van der Waals surface area contributed by atoms with E-state index >= 15 is 0 Å². The molecule has 3 rings (SSSR count). The van der Waals surface area contributed by atoms with Gasteiger partial charge in [-0.25, -0.2) is 0 Å². The van der Waals surface area contributed by atoms with Crippen molar-refractivity contribution in [1.82, 2.24) is 9.47 Å². The zero-order valence-corrected chi connectivity index (χ0v) is 14.5. The average Bonchev–Trinajstić information content (AvgIpc) is 3.06. The van der Waals surface area contributed by atoms with Crippen LogP contribution in [0.4, 0.5) is 0 Å². The molecule has 0 spiro atoms. The summed E-state index contributed by atoms with van der Waals surface area (Å²) in [5.74, 6) is 0.777. The second kappa shape index (κ2) is 7.38. The lowest BCUT2D eigenvalue weighted by molar-refractivity contribution is -0.133. The average molecular weight is 338 g/mol. The molecule has 1 amide bonds. The maximum Gasteiger partial charge on any atom is 0.250 e. The second-order valence-corrected chi connectivity index (χ2v) is 6.02. The molecule has 0 fully saturated rings. The van der Waals surface area contributed by atoms with Crippen LogP contribution in [0.3, 0.4) is 0 Å². The molecule has 0 saturated heterocycles. The minimum absolute atomic E-state index is 0.00575. The number of aromatic nitrogens is 1. The Labute approximate surface area is 146 Å². The topological polar surface area (TPSA) is 55.5 Å². The summed E-state index contributed by atoms with van der Waals surface area (Å²) in [5.41, 5.74) is 0.729. The Morgan fingerprint density at radius 2 is 1.96 bits per heavy atom. The van der Waals surface area contributed by atoms with Crippen LogP contribution in [0.1, 0.15) is 32.1 Å². The molecule has 0 bridgehead atoms. The summed E-state index contributed by atoms with van der Waals surface area (Å²) >= 11 is 0. The van der Waals surface area contributed by atoms with E-state index in [1.165, 1.54) is 6.07 Å². The van der Waals surface area contributed by atoms with Gasteiger partial charge in [0, 0.05) is 37.2 Å². The Balaban J connectivity index is 1.73. The number of nitrogens with zero attached hydrogens (tertiary/aromatic N) is 2. The van der Waals surface area contributed by atoms with Gasteiger partial charge >= 0.3 is 0 Å². The van der Waals surface area contributed by atoms with Crippen molar-refractivity contribution in [3.8, 4) is 0 Å². The van der Waals surface area contributed by atoms with Crippen LogP contribution < -0.4 is 5.56 Å². The smallest absolute Gasteiger partial charge is 0.250 e. The number of hydrogen-bond donors (Lipinski definition) is 0. The van der Waals surface area contributed by atoms with Crippen molar-refractivity contribution in [1.29, 1.82) is 0 Å². The molecule has 1 unspecified atom stereocenters. The van der Waals surface area contributed by atoms with Crippen LogP contribution in [0.5, 0.6) is 0 Å². The van der Waals surface area contributed by atoms with Gasteiger partial charge in [0.25, 0.3) is 5.56 Å². The molecule has 0 aliphatic carbocycles. The summed E-state index contributed by atoms with van der Waals surface area (Å²) in [6.45, 7) is 4.88. The Hall–Kier alpha value is -2.82. The first-order valence-corrected chi connectivity index (χ1v) is 8.53. The van der Waals surface area contributed by atoms with E-state index < -0.39 is 0 Å². The first kappa shape index (κ1) is 17.0. The SMILES string of the molecule is CCN(C(=O)CCn1ccccc1=O)C(C)c1cc2ccccc2o1.